The Morgan fingerprint density at radius 3 is 2.67 bits per heavy atom. The fraction of sp³-hybridized carbons (Fsp3) is 0.450. The van der Waals surface area contributed by atoms with E-state index in [1.165, 1.54) is 16.0 Å². The molecule has 0 aliphatic carbocycles. The van der Waals surface area contributed by atoms with Gasteiger partial charge < -0.3 is 24.6 Å². The van der Waals surface area contributed by atoms with Gasteiger partial charge in [-0.15, -0.1) is 11.3 Å². The first-order chi connectivity index (χ1) is 13.0. The Hall–Kier alpha value is -1.83. The Labute approximate surface area is 170 Å². The molecule has 7 heteroatoms. The molecule has 146 valence electrons. The molecule has 1 aliphatic rings. The van der Waals surface area contributed by atoms with E-state index in [1.54, 1.807) is 25.6 Å². The summed E-state index contributed by atoms with van der Waals surface area (Å²) in [7, 11) is 7.49. The van der Waals surface area contributed by atoms with Gasteiger partial charge >= 0.3 is 0 Å². The van der Waals surface area contributed by atoms with Crippen molar-refractivity contribution < 1.29 is 9.47 Å². The van der Waals surface area contributed by atoms with E-state index in [9.17, 15) is 0 Å². The van der Waals surface area contributed by atoms with Crippen molar-refractivity contribution in [3.05, 3.63) is 45.6 Å². The van der Waals surface area contributed by atoms with Crippen LogP contribution in [0.2, 0.25) is 0 Å². The van der Waals surface area contributed by atoms with Crippen LogP contribution in [-0.2, 0) is 6.42 Å². The summed E-state index contributed by atoms with van der Waals surface area (Å²) in [4.78, 5) is 5.72. The summed E-state index contributed by atoms with van der Waals surface area (Å²) in [5.74, 6) is 1.53. The van der Waals surface area contributed by atoms with Gasteiger partial charge in [0.25, 0.3) is 0 Å². The minimum Gasteiger partial charge on any atom is -0.493 e. The van der Waals surface area contributed by atoms with Crippen molar-refractivity contribution in [3.63, 3.8) is 0 Å². The van der Waals surface area contributed by atoms with Gasteiger partial charge in [0.15, 0.2) is 16.6 Å². The first-order valence-corrected chi connectivity index (χ1v) is 10.3. The van der Waals surface area contributed by atoms with Crippen LogP contribution in [0.1, 0.15) is 22.0 Å². The lowest BCUT2D eigenvalue weighted by atomic mass is 9.91. The van der Waals surface area contributed by atoms with Crippen LogP contribution < -0.4 is 14.8 Å². The van der Waals surface area contributed by atoms with Crippen molar-refractivity contribution in [1.29, 1.82) is 0 Å². The van der Waals surface area contributed by atoms with Crippen LogP contribution in [0, 0.1) is 0 Å². The maximum Gasteiger partial charge on any atom is 0.169 e. The van der Waals surface area contributed by atoms with Crippen LogP contribution in [0.3, 0.4) is 0 Å². The van der Waals surface area contributed by atoms with Crippen molar-refractivity contribution in [1.82, 2.24) is 15.1 Å². The van der Waals surface area contributed by atoms with E-state index in [4.69, 9.17) is 21.7 Å². The Morgan fingerprint density at radius 2 is 2.04 bits per heavy atom. The highest BCUT2D eigenvalue weighted by atomic mass is 32.1. The summed E-state index contributed by atoms with van der Waals surface area (Å²) in [6, 6.07) is 8.57. The number of thiophene rings is 1. The van der Waals surface area contributed by atoms with Crippen molar-refractivity contribution in [2.45, 2.75) is 12.5 Å². The fourth-order valence-corrected chi connectivity index (χ4v) is 4.56. The summed E-state index contributed by atoms with van der Waals surface area (Å²) in [5.41, 5.74) is 2.52. The van der Waals surface area contributed by atoms with Gasteiger partial charge in [-0.2, -0.15) is 0 Å². The number of ether oxygens (including phenoxy) is 2. The fourth-order valence-electron chi connectivity index (χ4n) is 3.41. The third kappa shape index (κ3) is 4.36. The van der Waals surface area contributed by atoms with Gasteiger partial charge in [0.2, 0.25) is 0 Å². The van der Waals surface area contributed by atoms with E-state index in [0.717, 1.165) is 42.7 Å². The maximum absolute atomic E-state index is 5.76. The molecule has 27 heavy (non-hydrogen) atoms. The summed E-state index contributed by atoms with van der Waals surface area (Å²) in [6.07, 6.45) is 0.924. The number of benzene rings is 1. The van der Waals surface area contributed by atoms with Gasteiger partial charge in [-0.1, -0.05) is 6.07 Å². The number of rotatable bonds is 6. The van der Waals surface area contributed by atoms with Crippen molar-refractivity contribution in [2.24, 2.45) is 0 Å². The summed E-state index contributed by atoms with van der Waals surface area (Å²) >= 11 is 7.52. The van der Waals surface area contributed by atoms with Crippen LogP contribution in [-0.4, -0.2) is 62.9 Å². The highest BCUT2D eigenvalue weighted by Gasteiger charge is 2.32. The molecule has 2 aromatic rings. The number of nitrogens with zero attached hydrogens (tertiary/aromatic N) is 2. The first kappa shape index (κ1) is 19.9. The lowest BCUT2D eigenvalue weighted by Crippen LogP contribution is -2.47. The van der Waals surface area contributed by atoms with Gasteiger partial charge in [-0.3, -0.25) is 0 Å². The zero-order chi connectivity index (χ0) is 19.4. The SMILES string of the molecule is COc1cc2c(cc1OC)[C@H](c1cccs1)N(C(=S)NCCN(C)C)CC2. The smallest absolute Gasteiger partial charge is 0.169 e. The minimum absolute atomic E-state index is 0.0907. The molecule has 1 N–H and O–H groups in total. The summed E-state index contributed by atoms with van der Waals surface area (Å²) in [5, 5.41) is 6.34. The average Bonchev–Trinajstić information content (AvgIpc) is 3.19. The molecule has 0 amide bonds. The van der Waals surface area contributed by atoms with Crippen molar-refractivity contribution in [2.75, 3.05) is 47.9 Å². The molecule has 1 atom stereocenters. The minimum atomic E-state index is 0.0907. The molecule has 0 spiro atoms. The molecule has 0 bridgehead atoms. The molecule has 5 nitrogen and oxygen atoms in total. The zero-order valence-corrected chi connectivity index (χ0v) is 18.0. The Bertz CT molecular complexity index is 778. The number of nitrogens with one attached hydrogen (secondary N) is 1. The van der Waals surface area contributed by atoms with E-state index in [0.29, 0.717) is 0 Å². The third-order valence-corrected chi connectivity index (χ3v) is 6.09. The quantitative estimate of drug-likeness (QED) is 0.744. The van der Waals surface area contributed by atoms with E-state index in [-0.39, 0.29) is 6.04 Å². The molecule has 0 unspecified atom stereocenters. The van der Waals surface area contributed by atoms with Gasteiger partial charge in [0.05, 0.1) is 20.3 Å². The molecule has 0 saturated heterocycles. The molecular formula is C20H27N3O2S2. The largest absolute Gasteiger partial charge is 0.493 e. The molecule has 1 aromatic heterocycles. The first-order valence-electron chi connectivity index (χ1n) is 9.02. The lowest BCUT2D eigenvalue weighted by molar-refractivity contribution is 0.324. The van der Waals surface area contributed by atoms with Crippen molar-refractivity contribution >= 4 is 28.7 Å². The number of thiocarbonyl (C=S) groups is 1. The topological polar surface area (TPSA) is 37.0 Å². The predicted octanol–water partition coefficient (Wildman–Crippen LogP) is 3.15. The van der Waals surface area contributed by atoms with Crippen LogP contribution in [0.25, 0.3) is 0 Å². The highest BCUT2D eigenvalue weighted by molar-refractivity contribution is 7.80. The molecule has 0 radical (unpaired) electrons. The van der Waals surface area contributed by atoms with Gasteiger partial charge in [-0.05, 0) is 67.4 Å². The van der Waals surface area contributed by atoms with E-state index in [1.807, 2.05) is 0 Å². The number of hydrogen-bond acceptors (Lipinski definition) is 5. The molecule has 0 saturated carbocycles. The average molecular weight is 406 g/mol. The second-order valence-corrected chi connectivity index (χ2v) is 8.17. The molecule has 2 heterocycles. The zero-order valence-electron chi connectivity index (χ0n) is 16.3. The van der Waals surface area contributed by atoms with Crippen LogP contribution in [0.5, 0.6) is 11.5 Å². The van der Waals surface area contributed by atoms with Crippen molar-refractivity contribution in [3.8, 4) is 11.5 Å². The van der Waals surface area contributed by atoms with E-state index < -0.39 is 0 Å². The predicted molar refractivity (Wildman–Crippen MR) is 115 cm³/mol. The summed E-state index contributed by atoms with van der Waals surface area (Å²) in [6.45, 7) is 2.65. The Balaban J connectivity index is 1.94. The number of likely N-dealkylation sites (N-methyl/N-ethyl adjacent to an activating group) is 1. The second kappa shape index (κ2) is 8.91. The monoisotopic (exact) mass is 405 g/mol. The maximum atomic E-state index is 5.76. The molecule has 0 fully saturated rings. The van der Waals surface area contributed by atoms with Gasteiger partial charge in [0, 0.05) is 24.5 Å². The molecule has 3 rings (SSSR count). The lowest BCUT2D eigenvalue weighted by Gasteiger charge is -2.39. The van der Waals surface area contributed by atoms with E-state index in [2.05, 4.69) is 58.9 Å². The number of hydrogen-bond donors (Lipinski definition) is 1. The van der Waals surface area contributed by atoms with Gasteiger partial charge in [-0.25, -0.2) is 0 Å². The standard InChI is InChI=1S/C20H27N3O2S2/c1-22(2)10-8-21-20(26)23-9-7-14-12-16(24-3)17(25-4)13-15(14)19(23)18-6-5-11-27-18/h5-6,11-13,19H,7-10H2,1-4H3,(H,21,26)/t19-/m1/s1. The van der Waals surface area contributed by atoms with Gasteiger partial charge in [0.1, 0.15) is 0 Å². The molecule has 1 aromatic carbocycles. The van der Waals surface area contributed by atoms with Crippen LogP contribution in [0.15, 0.2) is 29.6 Å². The van der Waals surface area contributed by atoms with Crippen LogP contribution in [0.4, 0.5) is 0 Å². The highest BCUT2D eigenvalue weighted by Crippen LogP contribution is 2.42. The molecular weight excluding hydrogens is 378 g/mol. The Morgan fingerprint density at radius 1 is 1.30 bits per heavy atom. The number of fused-ring (bicyclic) bond motifs is 1. The summed E-state index contributed by atoms with van der Waals surface area (Å²) < 4.78 is 11.1. The Kier molecular flexibility index (Phi) is 6.57. The third-order valence-electron chi connectivity index (χ3n) is 4.78. The van der Waals surface area contributed by atoms with E-state index >= 15 is 0 Å². The van der Waals surface area contributed by atoms with Crippen LogP contribution >= 0.6 is 23.6 Å². The molecule has 1 aliphatic heterocycles. The second-order valence-electron chi connectivity index (χ2n) is 6.80. The number of methoxy groups -OCH3 is 2. The normalized spacial score (nSPS) is 16.2.